The minimum absolute atomic E-state index is 0.554. The van der Waals surface area contributed by atoms with Crippen LogP contribution in [0.25, 0.3) is 117 Å². The van der Waals surface area contributed by atoms with E-state index in [0.29, 0.717) is 17.5 Å². The quantitative estimate of drug-likeness (QED) is 0.161. The zero-order valence-corrected chi connectivity index (χ0v) is 33.4. The van der Waals surface area contributed by atoms with Crippen molar-refractivity contribution in [1.82, 2.24) is 24.5 Å². The van der Waals surface area contributed by atoms with E-state index in [2.05, 4.69) is 132 Å². The molecule has 0 bridgehead atoms. The van der Waals surface area contributed by atoms with Crippen LogP contribution in [-0.2, 0) is 0 Å². The van der Waals surface area contributed by atoms with Crippen LogP contribution in [0.1, 0.15) is 0 Å². The van der Waals surface area contributed by atoms with Crippen LogP contribution in [0.4, 0.5) is 0 Å². The van der Waals surface area contributed by atoms with Gasteiger partial charge in [0.15, 0.2) is 17.5 Å². The van der Waals surface area contributed by atoms with Gasteiger partial charge in [-0.2, -0.15) is 0 Å². The van der Waals surface area contributed by atoms with Crippen molar-refractivity contribution in [2.45, 2.75) is 0 Å². The molecule has 6 nitrogen and oxygen atoms in total. The molecule has 8 aromatic carbocycles. The number of benzene rings is 8. The maximum atomic E-state index is 6.43. The van der Waals surface area contributed by atoms with Gasteiger partial charge in [0, 0.05) is 49.4 Å². The van der Waals surface area contributed by atoms with Crippen molar-refractivity contribution in [1.29, 1.82) is 0 Å². The molecule has 4 heterocycles. The van der Waals surface area contributed by atoms with Crippen molar-refractivity contribution in [3.05, 3.63) is 212 Å². The molecule has 0 spiro atoms. The third-order valence-corrected chi connectivity index (χ3v) is 11.7. The Morgan fingerprint density at radius 2 is 0.871 bits per heavy atom. The lowest BCUT2D eigenvalue weighted by Crippen LogP contribution is -2.04. The van der Waals surface area contributed by atoms with Gasteiger partial charge in [0.05, 0.1) is 28.1 Å². The van der Waals surface area contributed by atoms with Crippen LogP contribution < -0.4 is 0 Å². The molecule has 0 saturated heterocycles. The first-order chi connectivity index (χ1) is 30.7. The Morgan fingerprint density at radius 3 is 1.55 bits per heavy atom. The summed E-state index contributed by atoms with van der Waals surface area (Å²) in [5, 5.41) is 4.44. The van der Waals surface area contributed by atoms with Gasteiger partial charge in [0.25, 0.3) is 0 Å². The summed E-state index contributed by atoms with van der Waals surface area (Å²) in [5.74, 6) is 1.74. The number of furan rings is 1. The van der Waals surface area contributed by atoms with Gasteiger partial charge in [-0.3, -0.25) is 0 Å². The number of aromatic nitrogens is 5. The summed E-state index contributed by atoms with van der Waals surface area (Å²) in [6.45, 7) is 0. The number of hydrogen-bond donors (Lipinski definition) is 0. The van der Waals surface area contributed by atoms with E-state index in [4.69, 9.17) is 24.4 Å². The van der Waals surface area contributed by atoms with E-state index in [1.807, 2.05) is 84.9 Å². The number of pyridine rings is 1. The number of fused-ring (bicyclic) bond motifs is 7. The summed E-state index contributed by atoms with van der Waals surface area (Å²) in [7, 11) is 0. The molecule has 0 aliphatic carbocycles. The lowest BCUT2D eigenvalue weighted by atomic mass is 9.98. The Morgan fingerprint density at radius 1 is 0.323 bits per heavy atom. The molecule has 12 aromatic rings. The van der Waals surface area contributed by atoms with Gasteiger partial charge < -0.3 is 8.98 Å². The zero-order chi connectivity index (χ0) is 41.0. The molecule has 0 fully saturated rings. The second-order valence-electron chi connectivity index (χ2n) is 15.4. The van der Waals surface area contributed by atoms with Gasteiger partial charge in [-0.25, -0.2) is 19.9 Å². The number of hydrogen-bond acceptors (Lipinski definition) is 5. The highest BCUT2D eigenvalue weighted by Gasteiger charge is 2.23. The molecule has 0 atom stereocenters. The highest BCUT2D eigenvalue weighted by atomic mass is 16.3. The normalized spacial score (nSPS) is 11.5. The van der Waals surface area contributed by atoms with Crippen molar-refractivity contribution in [2.75, 3.05) is 0 Å². The maximum Gasteiger partial charge on any atom is 0.166 e. The molecule has 0 unspecified atom stereocenters. The molecular weight excluding hydrogens is 759 g/mol. The summed E-state index contributed by atoms with van der Waals surface area (Å²) < 4.78 is 8.78. The van der Waals surface area contributed by atoms with E-state index in [1.54, 1.807) is 0 Å². The summed E-state index contributed by atoms with van der Waals surface area (Å²) in [6, 6.07) is 73.2. The molecular formula is C56H35N5O. The predicted molar refractivity (Wildman–Crippen MR) is 252 cm³/mol. The van der Waals surface area contributed by atoms with Crippen LogP contribution in [0.5, 0.6) is 0 Å². The minimum atomic E-state index is 0.554. The molecule has 12 rings (SSSR count). The lowest BCUT2D eigenvalue weighted by molar-refractivity contribution is 0.669. The molecule has 6 heteroatoms. The van der Waals surface area contributed by atoms with Gasteiger partial charge in [-0.1, -0.05) is 164 Å². The average molecular weight is 794 g/mol. The minimum Gasteiger partial charge on any atom is -0.456 e. The molecule has 0 N–H and O–H groups in total. The van der Waals surface area contributed by atoms with Gasteiger partial charge >= 0.3 is 0 Å². The Balaban J connectivity index is 1.17. The Kier molecular flexibility index (Phi) is 8.38. The van der Waals surface area contributed by atoms with Crippen LogP contribution in [0, 0.1) is 0 Å². The average Bonchev–Trinajstić information content (AvgIpc) is 3.90. The fourth-order valence-corrected chi connectivity index (χ4v) is 8.76. The number of nitrogens with zero attached hydrogens (tertiary/aromatic N) is 5. The second-order valence-corrected chi connectivity index (χ2v) is 15.4. The molecule has 0 radical (unpaired) electrons. The first-order valence-corrected chi connectivity index (χ1v) is 20.7. The van der Waals surface area contributed by atoms with Gasteiger partial charge in [0.2, 0.25) is 0 Å². The number of rotatable bonds is 7. The fraction of sp³-hybridized carbons (Fsp3) is 0. The van der Waals surface area contributed by atoms with Crippen LogP contribution in [0.15, 0.2) is 217 Å². The lowest BCUT2D eigenvalue weighted by Gasteiger charge is -2.17. The van der Waals surface area contributed by atoms with Gasteiger partial charge in [-0.15, -0.1) is 0 Å². The molecule has 0 amide bonds. The van der Waals surface area contributed by atoms with Crippen LogP contribution in [0.2, 0.25) is 0 Å². The topological polar surface area (TPSA) is 69.6 Å². The fourth-order valence-electron chi connectivity index (χ4n) is 8.76. The number of para-hydroxylation sites is 2. The first-order valence-electron chi connectivity index (χ1n) is 20.7. The second kappa shape index (κ2) is 14.7. The standard InChI is InChI=1S/C56H35N5O/c1-5-17-36(18-6-1)41-34-45(37-19-7-2-8-20-37)57-46(35-41)40-29-30-48(44(33-40)56-59-54(38-21-9-3-10-22-38)58-55(60-56)39-23-11-4-12-24-39)61-47-27-15-13-25-42(47)52-49(61)31-32-51-53(52)43-26-14-16-28-50(43)62-51/h1-35H. The highest BCUT2D eigenvalue weighted by molar-refractivity contribution is 6.27. The summed E-state index contributed by atoms with van der Waals surface area (Å²) in [6.07, 6.45) is 0. The van der Waals surface area contributed by atoms with Crippen LogP contribution in [-0.4, -0.2) is 24.5 Å². The van der Waals surface area contributed by atoms with E-state index in [-0.39, 0.29) is 0 Å². The highest BCUT2D eigenvalue weighted by Crippen LogP contribution is 2.43. The maximum absolute atomic E-state index is 6.43. The Labute approximate surface area is 357 Å². The molecule has 0 aliphatic rings. The first kappa shape index (κ1) is 35.5. The van der Waals surface area contributed by atoms with Crippen LogP contribution >= 0.6 is 0 Å². The molecule has 0 saturated carbocycles. The van der Waals surface area contributed by atoms with E-state index in [1.165, 1.54) is 0 Å². The predicted octanol–water partition coefficient (Wildman–Crippen LogP) is 14.3. The van der Waals surface area contributed by atoms with Crippen LogP contribution in [0.3, 0.4) is 0 Å². The zero-order valence-electron chi connectivity index (χ0n) is 33.4. The summed E-state index contributed by atoms with van der Waals surface area (Å²) in [4.78, 5) is 21.0. The van der Waals surface area contributed by atoms with Gasteiger partial charge in [-0.05, 0) is 59.7 Å². The smallest absolute Gasteiger partial charge is 0.166 e. The molecule has 0 aliphatic heterocycles. The van der Waals surface area contributed by atoms with E-state index in [0.717, 1.165) is 99.8 Å². The van der Waals surface area contributed by atoms with E-state index >= 15 is 0 Å². The van der Waals surface area contributed by atoms with Crippen molar-refractivity contribution >= 4 is 43.7 Å². The summed E-state index contributed by atoms with van der Waals surface area (Å²) in [5.41, 5.74) is 13.3. The largest absolute Gasteiger partial charge is 0.456 e. The van der Waals surface area contributed by atoms with Crippen molar-refractivity contribution in [2.24, 2.45) is 0 Å². The van der Waals surface area contributed by atoms with Crippen molar-refractivity contribution < 1.29 is 4.42 Å². The third kappa shape index (κ3) is 6.04. The molecule has 290 valence electrons. The van der Waals surface area contributed by atoms with E-state index in [9.17, 15) is 0 Å². The molecule has 62 heavy (non-hydrogen) atoms. The summed E-state index contributed by atoms with van der Waals surface area (Å²) >= 11 is 0. The third-order valence-electron chi connectivity index (χ3n) is 11.7. The monoisotopic (exact) mass is 793 g/mol. The van der Waals surface area contributed by atoms with Crippen molar-refractivity contribution in [3.63, 3.8) is 0 Å². The van der Waals surface area contributed by atoms with Gasteiger partial charge in [0.1, 0.15) is 11.2 Å². The Hall–Kier alpha value is -8.48. The Bertz CT molecular complexity index is 3500. The van der Waals surface area contributed by atoms with Crippen molar-refractivity contribution in [3.8, 4) is 73.5 Å². The SMILES string of the molecule is c1ccc(-c2cc(-c3ccccc3)nc(-c3ccc(-n4c5ccccc5c5c6c(ccc54)oc4ccccc46)c(-c4nc(-c5ccccc5)nc(-c5ccccc5)n4)c3)c2)cc1. The molecule has 4 aromatic heterocycles. The van der Waals surface area contributed by atoms with E-state index < -0.39 is 0 Å².